The minimum atomic E-state index is -4.72. The van der Waals surface area contributed by atoms with Crippen LogP contribution in [0.5, 0.6) is 0 Å². The van der Waals surface area contributed by atoms with Crippen molar-refractivity contribution < 1.29 is 32.6 Å². The maximum absolute atomic E-state index is 14.6. The van der Waals surface area contributed by atoms with Crippen LogP contribution in [-0.2, 0) is 36.5 Å². The van der Waals surface area contributed by atoms with Crippen LogP contribution >= 0.6 is 0 Å². The number of carbonyl (C=O) groups excluding carboxylic acids is 2. The summed E-state index contributed by atoms with van der Waals surface area (Å²) in [5.41, 5.74) is -2.51. The molecule has 0 bridgehead atoms. The monoisotopic (exact) mass is 639 g/mol. The van der Waals surface area contributed by atoms with Gasteiger partial charge in [0.2, 0.25) is 0 Å². The van der Waals surface area contributed by atoms with Crippen LogP contribution in [0.2, 0.25) is 0 Å². The number of aryl methyl sites for hydroxylation is 1. The number of hydrogen-bond acceptors (Lipinski definition) is 6. The molecule has 2 heterocycles. The molecule has 3 aliphatic rings. The SMILES string of the molecule is Cn1cnnc1C1(c2cccc(N3Cc4c(cc(CN(C(=O)OC(C)(C)C)C5(C)CCC5)cc4C(F)(F)F)C3=O)c2)CC(C)(O)C1. The number of anilines is 1. The Labute approximate surface area is 266 Å². The highest BCUT2D eigenvalue weighted by molar-refractivity contribution is 6.10. The lowest BCUT2D eigenvalue weighted by Crippen LogP contribution is -2.54. The summed E-state index contributed by atoms with van der Waals surface area (Å²) in [6.45, 7) is 8.51. The summed E-state index contributed by atoms with van der Waals surface area (Å²) in [5.74, 6) is 0.109. The summed E-state index contributed by atoms with van der Waals surface area (Å²) in [6.07, 6.45) is -0.675. The zero-order chi connectivity index (χ0) is 33.4. The first-order valence-electron chi connectivity index (χ1n) is 15.5. The number of amides is 2. The van der Waals surface area contributed by atoms with Crippen molar-refractivity contribution in [2.75, 3.05) is 4.90 Å². The summed E-state index contributed by atoms with van der Waals surface area (Å²) >= 11 is 0. The van der Waals surface area contributed by atoms with Gasteiger partial charge in [-0.05, 0) is 108 Å². The molecule has 246 valence electrons. The van der Waals surface area contributed by atoms with E-state index in [-0.39, 0.29) is 29.8 Å². The van der Waals surface area contributed by atoms with E-state index in [9.17, 15) is 27.9 Å². The van der Waals surface area contributed by atoms with Crippen LogP contribution in [0, 0.1) is 0 Å². The number of alkyl halides is 3. The van der Waals surface area contributed by atoms with Gasteiger partial charge in [0.25, 0.3) is 5.91 Å². The average molecular weight is 640 g/mol. The third kappa shape index (κ3) is 5.54. The van der Waals surface area contributed by atoms with Crippen molar-refractivity contribution in [3.05, 3.63) is 76.4 Å². The molecule has 1 aliphatic heterocycles. The maximum atomic E-state index is 14.6. The van der Waals surface area contributed by atoms with Crippen molar-refractivity contribution in [2.45, 2.75) is 108 Å². The van der Waals surface area contributed by atoms with Gasteiger partial charge in [-0.25, -0.2) is 4.79 Å². The Morgan fingerprint density at radius 1 is 1.11 bits per heavy atom. The Bertz CT molecular complexity index is 1700. The van der Waals surface area contributed by atoms with Crippen LogP contribution in [0.15, 0.2) is 42.7 Å². The second-order valence-electron chi connectivity index (χ2n) is 14.7. The number of carbonyl (C=O) groups is 2. The predicted molar refractivity (Wildman–Crippen MR) is 164 cm³/mol. The highest BCUT2D eigenvalue weighted by Crippen LogP contribution is 2.54. The molecular formula is C34H40F3N5O4. The molecule has 2 saturated carbocycles. The Hall–Kier alpha value is -3.93. The van der Waals surface area contributed by atoms with Crippen LogP contribution in [0.3, 0.4) is 0 Å². The van der Waals surface area contributed by atoms with Gasteiger partial charge in [0, 0.05) is 30.4 Å². The molecule has 0 radical (unpaired) electrons. The largest absolute Gasteiger partial charge is 0.444 e. The summed E-state index contributed by atoms with van der Waals surface area (Å²) in [4.78, 5) is 30.1. The molecule has 1 N–H and O–H groups in total. The Balaban J connectivity index is 1.36. The molecule has 0 spiro atoms. The van der Waals surface area contributed by atoms with Gasteiger partial charge in [-0.15, -0.1) is 10.2 Å². The van der Waals surface area contributed by atoms with E-state index in [0.717, 1.165) is 18.1 Å². The topological polar surface area (TPSA) is 101 Å². The molecule has 2 fully saturated rings. The summed E-state index contributed by atoms with van der Waals surface area (Å²) < 4.78 is 51.2. The predicted octanol–water partition coefficient (Wildman–Crippen LogP) is 6.50. The van der Waals surface area contributed by atoms with E-state index in [1.807, 2.05) is 20.0 Å². The van der Waals surface area contributed by atoms with Gasteiger partial charge < -0.3 is 19.3 Å². The van der Waals surface area contributed by atoms with Crippen molar-refractivity contribution in [1.82, 2.24) is 19.7 Å². The van der Waals surface area contributed by atoms with E-state index in [4.69, 9.17) is 4.74 Å². The van der Waals surface area contributed by atoms with Crippen molar-refractivity contribution in [3.63, 3.8) is 0 Å². The third-order valence-electron chi connectivity index (χ3n) is 9.66. The molecule has 0 atom stereocenters. The van der Waals surface area contributed by atoms with E-state index in [2.05, 4.69) is 10.2 Å². The van der Waals surface area contributed by atoms with Crippen molar-refractivity contribution >= 4 is 17.7 Å². The smallest absolute Gasteiger partial charge is 0.416 e. The number of aliphatic hydroxyl groups is 1. The summed E-state index contributed by atoms with van der Waals surface area (Å²) in [7, 11) is 1.82. The van der Waals surface area contributed by atoms with E-state index >= 15 is 0 Å². The highest BCUT2D eigenvalue weighted by Gasteiger charge is 2.56. The van der Waals surface area contributed by atoms with E-state index in [1.165, 1.54) is 15.9 Å². The lowest BCUT2D eigenvalue weighted by atomic mass is 9.56. The van der Waals surface area contributed by atoms with Crippen LogP contribution in [0.1, 0.15) is 105 Å². The van der Waals surface area contributed by atoms with E-state index in [1.54, 1.807) is 56.8 Å². The highest BCUT2D eigenvalue weighted by atomic mass is 19.4. The zero-order valence-corrected chi connectivity index (χ0v) is 27.0. The van der Waals surface area contributed by atoms with Crippen LogP contribution in [0.25, 0.3) is 0 Å². The first-order chi connectivity index (χ1) is 21.3. The first kappa shape index (κ1) is 32.0. The molecular weight excluding hydrogens is 599 g/mol. The van der Waals surface area contributed by atoms with Gasteiger partial charge in [0.1, 0.15) is 17.8 Å². The fraction of sp³-hybridized carbons (Fsp3) is 0.529. The molecule has 1 aromatic heterocycles. The Morgan fingerprint density at radius 3 is 2.35 bits per heavy atom. The number of halogens is 3. The van der Waals surface area contributed by atoms with Crippen molar-refractivity contribution in [2.24, 2.45) is 7.05 Å². The number of rotatable bonds is 6. The second kappa shape index (κ2) is 10.5. The molecule has 2 aromatic carbocycles. The number of hydrogen-bond donors (Lipinski definition) is 1. The third-order valence-corrected chi connectivity index (χ3v) is 9.66. The van der Waals surface area contributed by atoms with Crippen LogP contribution in [0.4, 0.5) is 23.7 Å². The molecule has 0 saturated heterocycles. The molecule has 46 heavy (non-hydrogen) atoms. The van der Waals surface area contributed by atoms with E-state index in [0.29, 0.717) is 37.2 Å². The van der Waals surface area contributed by atoms with Gasteiger partial charge in [-0.3, -0.25) is 9.69 Å². The number of benzene rings is 2. The number of aromatic nitrogens is 3. The van der Waals surface area contributed by atoms with Crippen LogP contribution < -0.4 is 4.90 Å². The normalized spacial score (nSPS) is 23.9. The summed E-state index contributed by atoms with van der Waals surface area (Å²) in [6, 6.07) is 9.69. The molecule has 0 unspecified atom stereocenters. The average Bonchev–Trinajstić information content (AvgIpc) is 3.50. The zero-order valence-electron chi connectivity index (χ0n) is 27.0. The standard InChI is InChI=1S/C34H40F3N5O4/c1-30(2,3)46-29(44)42(31(4)11-8-12-31)16-21-13-24-25(26(14-21)34(35,36)37)17-41(27(24)43)23-10-7-9-22(15-23)33(18-32(5,45)19-33)28-39-38-20-40(28)6/h7,9-10,13-15,20,45H,8,11-12,16-19H2,1-6H3. The van der Waals surface area contributed by atoms with Gasteiger partial charge in [0.05, 0.1) is 23.1 Å². The van der Waals surface area contributed by atoms with Gasteiger partial charge in [-0.1, -0.05) is 12.1 Å². The first-order valence-corrected chi connectivity index (χ1v) is 15.5. The van der Waals surface area contributed by atoms with Gasteiger partial charge >= 0.3 is 12.3 Å². The molecule has 9 nitrogen and oxygen atoms in total. The minimum Gasteiger partial charge on any atom is -0.444 e. The molecule has 2 aliphatic carbocycles. The molecule has 3 aromatic rings. The van der Waals surface area contributed by atoms with Gasteiger partial charge in [0.15, 0.2) is 0 Å². The van der Waals surface area contributed by atoms with Crippen molar-refractivity contribution in [3.8, 4) is 0 Å². The van der Waals surface area contributed by atoms with Gasteiger partial charge in [-0.2, -0.15) is 13.2 Å². The number of fused-ring (bicyclic) bond motifs is 1. The molecule has 12 heteroatoms. The maximum Gasteiger partial charge on any atom is 0.416 e. The number of ether oxygens (including phenoxy) is 1. The summed E-state index contributed by atoms with van der Waals surface area (Å²) in [5, 5.41) is 19.1. The fourth-order valence-corrected chi connectivity index (χ4v) is 7.38. The number of nitrogens with zero attached hydrogens (tertiary/aromatic N) is 5. The Kier molecular flexibility index (Phi) is 7.34. The fourth-order valence-electron chi connectivity index (χ4n) is 7.38. The lowest BCUT2D eigenvalue weighted by Gasteiger charge is -2.51. The minimum absolute atomic E-state index is 0.0345. The molecule has 6 rings (SSSR count). The quantitative estimate of drug-likeness (QED) is 0.330. The van der Waals surface area contributed by atoms with E-state index < -0.39 is 45.9 Å². The van der Waals surface area contributed by atoms with Crippen molar-refractivity contribution in [1.29, 1.82) is 0 Å². The Morgan fingerprint density at radius 2 is 1.80 bits per heavy atom. The second-order valence-corrected chi connectivity index (χ2v) is 14.7. The van der Waals surface area contributed by atoms with Crippen LogP contribution in [-0.4, -0.2) is 53.5 Å². The molecule has 2 amide bonds. The lowest BCUT2D eigenvalue weighted by molar-refractivity contribution is -0.138.